The van der Waals surface area contributed by atoms with Crippen molar-refractivity contribution in [1.29, 1.82) is 0 Å². The number of carbonyl (C=O) groups is 1. The van der Waals surface area contributed by atoms with Crippen LogP contribution in [0.15, 0.2) is 97.2 Å². The van der Waals surface area contributed by atoms with Crippen LogP contribution in [0.5, 0.6) is 0 Å². The number of aliphatic carboxylic acids is 1. The first-order valence-corrected chi connectivity index (χ1v) is 18.2. The fourth-order valence-electron chi connectivity index (χ4n) is 4.84. The second-order valence-electron chi connectivity index (χ2n) is 11.7. The van der Waals surface area contributed by atoms with Gasteiger partial charge in [0.15, 0.2) is 0 Å². The van der Waals surface area contributed by atoms with Crippen LogP contribution in [-0.4, -0.2) is 11.1 Å². The van der Waals surface area contributed by atoms with E-state index in [2.05, 4.69) is 104 Å². The topological polar surface area (TPSA) is 37.3 Å². The van der Waals surface area contributed by atoms with Gasteiger partial charge >= 0.3 is 5.97 Å². The fraction of sp³-hybridized carbons (Fsp3) is 0.595. The molecule has 0 aromatic rings. The van der Waals surface area contributed by atoms with Crippen molar-refractivity contribution in [3.63, 3.8) is 0 Å². The van der Waals surface area contributed by atoms with Crippen molar-refractivity contribution in [1.82, 2.24) is 0 Å². The van der Waals surface area contributed by atoms with Crippen molar-refractivity contribution in [3.05, 3.63) is 97.2 Å². The lowest BCUT2D eigenvalue weighted by Gasteiger charge is -2.03. The summed E-state index contributed by atoms with van der Waals surface area (Å²) in [5.74, 6) is -0.658. The third-order valence-electron chi connectivity index (χ3n) is 7.49. The molecule has 0 aromatic carbocycles. The number of hydrogen-bond donors (Lipinski definition) is 1. The molecule has 2 nitrogen and oxygen atoms in total. The number of unbranched alkanes of at least 4 members (excludes halogenated alkanes) is 14. The molecule has 0 atom stereocenters. The average molecular weight is 605 g/mol. The van der Waals surface area contributed by atoms with Crippen molar-refractivity contribution in [3.8, 4) is 0 Å². The largest absolute Gasteiger partial charge is 0.481 e. The summed E-state index contributed by atoms with van der Waals surface area (Å²) >= 11 is 0. The van der Waals surface area contributed by atoms with E-state index in [-0.39, 0.29) is 0 Å². The second kappa shape index (κ2) is 38.4. The van der Waals surface area contributed by atoms with E-state index in [9.17, 15) is 4.79 Å². The average Bonchev–Trinajstić information content (AvgIpc) is 3.02. The molecule has 0 amide bonds. The minimum atomic E-state index is -0.658. The highest BCUT2D eigenvalue weighted by molar-refractivity contribution is 5.66. The minimum Gasteiger partial charge on any atom is -0.481 e. The predicted octanol–water partition coefficient (Wildman–Crippen LogP) is 13.9. The van der Waals surface area contributed by atoms with Gasteiger partial charge < -0.3 is 5.11 Å². The quantitative estimate of drug-likeness (QED) is 0.0612. The molecule has 0 fully saturated rings. The molecule has 0 aliphatic rings. The van der Waals surface area contributed by atoms with Crippen molar-refractivity contribution >= 4 is 5.97 Å². The monoisotopic (exact) mass is 605 g/mol. The van der Waals surface area contributed by atoms with Gasteiger partial charge in [-0.3, -0.25) is 4.79 Å². The number of rotatable bonds is 32. The molecule has 0 heterocycles. The molecule has 0 aliphatic carbocycles. The summed E-state index contributed by atoms with van der Waals surface area (Å²) in [6.07, 6.45) is 64.0. The Morgan fingerprint density at radius 1 is 0.364 bits per heavy atom. The Kier molecular flexibility index (Phi) is 36.1. The first-order chi connectivity index (χ1) is 21.8. The zero-order chi connectivity index (χ0) is 31.9. The van der Waals surface area contributed by atoms with Crippen LogP contribution in [0.2, 0.25) is 0 Å². The molecule has 44 heavy (non-hydrogen) atoms. The van der Waals surface area contributed by atoms with E-state index in [1.54, 1.807) is 0 Å². The van der Waals surface area contributed by atoms with E-state index >= 15 is 0 Å². The number of carboxylic acids is 1. The van der Waals surface area contributed by atoms with E-state index in [1.165, 1.54) is 83.5 Å². The highest BCUT2D eigenvalue weighted by Crippen LogP contribution is 2.14. The van der Waals surface area contributed by atoms with Gasteiger partial charge in [-0.1, -0.05) is 181 Å². The van der Waals surface area contributed by atoms with Gasteiger partial charge in [0.25, 0.3) is 0 Å². The van der Waals surface area contributed by atoms with Crippen molar-refractivity contribution in [2.45, 2.75) is 161 Å². The van der Waals surface area contributed by atoms with Crippen LogP contribution in [0.4, 0.5) is 0 Å². The fourth-order valence-corrected chi connectivity index (χ4v) is 4.84. The standard InChI is InChI=1S/C42H68O2/c1-2-3-4-5-6-7-8-9-10-11-12-13-14-15-16-17-18-19-20-21-22-23-24-25-26-27-28-29-30-31-32-33-34-35-36-37-38-39-40-41-42(43)44/h3-4,6-7,9-10,12-13,15-16,18-19,21-22,24-25H,2,5,8,11,14,17,20,23,26-41H2,1H3,(H,43,44)/b4-3-,7-6-,10-9-,13-12-,16-15-,19-18-,22-21-,25-24-. The molecule has 248 valence electrons. The number of carboxylic acid groups (broad SMARTS) is 1. The van der Waals surface area contributed by atoms with Crippen LogP contribution in [0.3, 0.4) is 0 Å². The van der Waals surface area contributed by atoms with Crippen molar-refractivity contribution < 1.29 is 9.90 Å². The summed E-state index contributed by atoms with van der Waals surface area (Å²) < 4.78 is 0. The molecule has 0 aromatic heterocycles. The van der Waals surface area contributed by atoms with Crippen LogP contribution >= 0.6 is 0 Å². The van der Waals surface area contributed by atoms with Gasteiger partial charge in [0.1, 0.15) is 0 Å². The Hall–Kier alpha value is -2.61. The molecule has 1 N–H and O–H groups in total. The maximum absolute atomic E-state index is 10.5. The summed E-state index contributed by atoms with van der Waals surface area (Å²) in [6, 6.07) is 0. The van der Waals surface area contributed by atoms with Gasteiger partial charge in [-0.15, -0.1) is 0 Å². The van der Waals surface area contributed by atoms with Crippen LogP contribution in [0, 0.1) is 0 Å². The molecule has 0 bridgehead atoms. The summed E-state index contributed by atoms with van der Waals surface area (Å²) in [5.41, 5.74) is 0. The van der Waals surface area contributed by atoms with Crippen LogP contribution < -0.4 is 0 Å². The van der Waals surface area contributed by atoms with Gasteiger partial charge in [-0.2, -0.15) is 0 Å². The lowest BCUT2D eigenvalue weighted by atomic mass is 10.0. The van der Waals surface area contributed by atoms with Crippen LogP contribution in [-0.2, 0) is 4.79 Å². The molecule has 0 rings (SSSR count). The van der Waals surface area contributed by atoms with Crippen molar-refractivity contribution in [2.75, 3.05) is 0 Å². The van der Waals surface area contributed by atoms with E-state index in [0.717, 1.165) is 64.2 Å². The summed E-state index contributed by atoms with van der Waals surface area (Å²) in [7, 11) is 0. The van der Waals surface area contributed by atoms with E-state index in [4.69, 9.17) is 5.11 Å². The van der Waals surface area contributed by atoms with Gasteiger partial charge in [-0.25, -0.2) is 0 Å². The third-order valence-corrected chi connectivity index (χ3v) is 7.49. The molecule has 0 spiro atoms. The zero-order valence-corrected chi connectivity index (χ0v) is 28.6. The molecule has 0 saturated heterocycles. The normalized spacial score (nSPS) is 12.9. The maximum atomic E-state index is 10.5. The molecular formula is C42H68O2. The highest BCUT2D eigenvalue weighted by atomic mass is 16.4. The van der Waals surface area contributed by atoms with Gasteiger partial charge in [0, 0.05) is 6.42 Å². The molecular weight excluding hydrogens is 536 g/mol. The van der Waals surface area contributed by atoms with Crippen molar-refractivity contribution in [2.24, 2.45) is 0 Å². The number of hydrogen-bond acceptors (Lipinski definition) is 1. The molecule has 0 aliphatic heterocycles. The van der Waals surface area contributed by atoms with E-state index in [0.29, 0.717) is 6.42 Å². The minimum absolute atomic E-state index is 0.334. The Bertz CT molecular complexity index is 834. The predicted molar refractivity (Wildman–Crippen MR) is 197 cm³/mol. The molecule has 0 radical (unpaired) electrons. The summed E-state index contributed by atoms with van der Waals surface area (Å²) in [4.78, 5) is 10.5. The third kappa shape index (κ3) is 39.4. The lowest BCUT2D eigenvalue weighted by Crippen LogP contribution is -1.93. The Morgan fingerprint density at radius 3 is 0.909 bits per heavy atom. The maximum Gasteiger partial charge on any atom is 0.303 e. The van der Waals surface area contributed by atoms with E-state index < -0.39 is 5.97 Å². The van der Waals surface area contributed by atoms with Crippen LogP contribution in [0.1, 0.15) is 161 Å². The van der Waals surface area contributed by atoms with Crippen LogP contribution in [0.25, 0.3) is 0 Å². The first kappa shape index (κ1) is 41.4. The van der Waals surface area contributed by atoms with Gasteiger partial charge in [0.2, 0.25) is 0 Å². The molecule has 0 saturated carbocycles. The molecule has 2 heteroatoms. The Labute approximate surface area is 273 Å². The van der Waals surface area contributed by atoms with Gasteiger partial charge in [-0.05, 0) is 70.6 Å². The molecule has 0 unspecified atom stereocenters. The zero-order valence-electron chi connectivity index (χ0n) is 28.6. The highest BCUT2D eigenvalue weighted by Gasteiger charge is 1.97. The Balaban J connectivity index is 3.39. The summed E-state index contributed by atoms with van der Waals surface area (Å²) in [6.45, 7) is 2.17. The first-order valence-electron chi connectivity index (χ1n) is 18.2. The number of allylic oxidation sites excluding steroid dienone is 16. The van der Waals surface area contributed by atoms with Gasteiger partial charge in [0.05, 0.1) is 0 Å². The van der Waals surface area contributed by atoms with E-state index in [1.807, 2.05) is 0 Å². The second-order valence-corrected chi connectivity index (χ2v) is 11.7. The smallest absolute Gasteiger partial charge is 0.303 e. The lowest BCUT2D eigenvalue weighted by molar-refractivity contribution is -0.137. The summed E-state index contributed by atoms with van der Waals surface area (Å²) in [5, 5.41) is 8.64. The SMILES string of the molecule is CC/C=C\C/C=C\C/C=C\C/C=C\C/C=C\C/C=C\C/C=C\C/C=C\CCCCCCCCCCCCCCCCC(=O)O. The Morgan fingerprint density at radius 2 is 0.614 bits per heavy atom.